The number of carbonyl (C=O) groups is 2. The van der Waals surface area contributed by atoms with Gasteiger partial charge in [0.1, 0.15) is 0 Å². The molecular formula is C28H25N3O3S. The van der Waals surface area contributed by atoms with Crippen LogP contribution in [0.5, 0.6) is 5.88 Å². The fourth-order valence-electron chi connectivity index (χ4n) is 3.52. The summed E-state index contributed by atoms with van der Waals surface area (Å²) in [5, 5.41) is 6.13. The van der Waals surface area contributed by atoms with Gasteiger partial charge in [-0.3, -0.25) is 9.59 Å². The lowest BCUT2D eigenvalue weighted by Gasteiger charge is -2.12. The summed E-state index contributed by atoms with van der Waals surface area (Å²) in [6.45, 7) is 0.415. The number of amides is 1. The van der Waals surface area contributed by atoms with Crippen LogP contribution in [0.15, 0.2) is 94.9 Å². The minimum absolute atomic E-state index is 0.158. The fourth-order valence-corrected chi connectivity index (χ4v) is 4.54. The van der Waals surface area contributed by atoms with Crippen molar-refractivity contribution in [3.05, 3.63) is 102 Å². The van der Waals surface area contributed by atoms with Crippen molar-refractivity contribution in [2.45, 2.75) is 16.3 Å². The predicted molar refractivity (Wildman–Crippen MR) is 139 cm³/mol. The standard InChI is InChI=1S/C28H25N3O3S/c1-29-24-15-21(11-13-26(24)35-25-6-4-3-5-23(25)18-32)28(33)31-16-19-7-9-20(10-8-19)22-12-14-27(34-2)30-17-22/h3-15,17-18,29H,16H2,1-2H3,(H,31,33). The Morgan fingerprint density at radius 2 is 1.74 bits per heavy atom. The highest BCUT2D eigenvalue weighted by Gasteiger charge is 2.12. The van der Waals surface area contributed by atoms with Gasteiger partial charge in [0.25, 0.3) is 5.91 Å². The third kappa shape index (κ3) is 5.88. The molecule has 0 radical (unpaired) electrons. The molecule has 0 aliphatic rings. The summed E-state index contributed by atoms with van der Waals surface area (Å²) in [6.07, 6.45) is 2.62. The van der Waals surface area contributed by atoms with E-state index >= 15 is 0 Å². The Hall–Kier alpha value is -4.10. The Kier molecular flexibility index (Phi) is 7.80. The molecule has 0 aliphatic carbocycles. The number of benzene rings is 3. The quantitative estimate of drug-likeness (QED) is 0.298. The van der Waals surface area contributed by atoms with Gasteiger partial charge in [0.15, 0.2) is 6.29 Å². The third-order valence-corrected chi connectivity index (χ3v) is 6.63. The summed E-state index contributed by atoms with van der Waals surface area (Å²) in [4.78, 5) is 30.2. The van der Waals surface area contributed by atoms with Crippen LogP contribution in [0.2, 0.25) is 0 Å². The molecule has 4 aromatic rings. The number of hydrogen-bond donors (Lipinski definition) is 2. The Bertz CT molecular complexity index is 1320. The largest absolute Gasteiger partial charge is 0.481 e. The lowest BCUT2D eigenvalue weighted by molar-refractivity contribution is 0.0950. The molecule has 0 bridgehead atoms. The molecule has 6 nitrogen and oxygen atoms in total. The third-order valence-electron chi connectivity index (χ3n) is 5.46. The summed E-state index contributed by atoms with van der Waals surface area (Å²) in [5.74, 6) is 0.418. The highest BCUT2D eigenvalue weighted by atomic mass is 32.2. The smallest absolute Gasteiger partial charge is 0.251 e. The second-order valence-corrected chi connectivity index (χ2v) is 8.77. The molecule has 0 saturated heterocycles. The van der Waals surface area contributed by atoms with Gasteiger partial charge in [-0.15, -0.1) is 0 Å². The van der Waals surface area contributed by atoms with Crippen LogP contribution in [0, 0.1) is 0 Å². The molecule has 0 fully saturated rings. The highest BCUT2D eigenvalue weighted by molar-refractivity contribution is 7.99. The van der Waals surface area contributed by atoms with Crippen molar-refractivity contribution in [3.63, 3.8) is 0 Å². The summed E-state index contributed by atoms with van der Waals surface area (Å²) in [7, 11) is 3.40. The maximum atomic E-state index is 12.8. The first-order valence-electron chi connectivity index (χ1n) is 11.0. The van der Waals surface area contributed by atoms with E-state index in [-0.39, 0.29) is 5.91 Å². The zero-order valence-electron chi connectivity index (χ0n) is 19.4. The summed E-state index contributed by atoms with van der Waals surface area (Å²) >= 11 is 1.49. The van der Waals surface area contributed by atoms with E-state index in [2.05, 4.69) is 15.6 Å². The van der Waals surface area contributed by atoms with Crippen LogP contribution in [0.4, 0.5) is 5.69 Å². The molecule has 1 heterocycles. The number of aromatic nitrogens is 1. The number of hydrogen-bond acceptors (Lipinski definition) is 6. The van der Waals surface area contributed by atoms with E-state index in [1.54, 1.807) is 25.4 Å². The summed E-state index contributed by atoms with van der Waals surface area (Å²) in [6, 6.07) is 24.7. The number of aldehydes is 1. The van der Waals surface area contributed by atoms with Gasteiger partial charge >= 0.3 is 0 Å². The van der Waals surface area contributed by atoms with Crippen molar-refractivity contribution in [2.75, 3.05) is 19.5 Å². The molecule has 35 heavy (non-hydrogen) atoms. The molecule has 0 atom stereocenters. The maximum Gasteiger partial charge on any atom is 0.251 e. The van der Waals surface area contributed by atoms with Crippen LogP contribution < -0.4 is 15.4 Å². The van der Waals surface area contributed by atoms with Gasteiger partial charge in [-0.05, 0) is 41.5 Å². The van der Waals surface area contributed by atoms with E-state index < -0.39 is 0 Å². The fraction of sp³-hybridized carbons (Fsp3) is 0.107. The lowest BCUT2D eigenvalue weighted by atomic mass is 10.1. The molecule has 1 aromatic heterocycles. The van der Waals surface area contributed by atoms with E-state index in [4.69, 9.17) is 4.74 Å². The van der Waals surface area contributed by atoms with Crippen LogP contribution in [-0.2, 0) is 6.54 Å². The van der Waals surface area contributed by atoms with Crippen molar-refractivity contribution < 1.29 is 14.3 Å². The minimum atomic E-state index is -0.158. The Morgan fingerprint density at radius 3 is 2.43 bits per heavy atom. The number of nitrogens with zero attached hydrogens (tertiary/aromatic N) is 1. The predicted octanol–water partition coefficient (Wildman–Crippen LogP) is 5.69. The monoisotopic (exact) mass is 483 g/mol. The molecular weight excluding hydrogens is 458 g/mol. The van der Waals surface area contributed by atoms with E-state index in [1.807, 2.05) is 73.8 Å². The Morgan fingerprint density at radius 1 is 0.971 bits per heavy atom. The molecule has 0 spiro atoms. The first-order chi connectivity index (χ1) is 17.1. The zero-order valence-corrected chi connectivity index (χ0v) is 20.3. The van der Waals surface area contributed by atoms with E-state index in [0.29, 0.717) is 23.6 Å². The lowest BCUT2D eigenvalue weighted by Crippen LogP contribution is -2.22. The van der Waals surface area contributed by atoms with Gasteiger partial charge < -0.3 is 15.4 Å². The number of carbonyl (C=O) groups excluding carboxylic acids is 2. The van der Waals surface area contributed by atoms with E-state index in [9.17, 15) is 9.59 Å². The van der Waals surface area contributed by atoms with Crippen molar-refractivity contribution in [2.24, 2.45) is 0 Å². The number of rotatable bonds is 9. The molecule has 1 amide bonds. The van der Waals surface area contributed by atoms with Crippen molar-refractivity contribution in [3.8, 4) is 17.0 Å². The second kappa shape index (κ2) is 11.4. The second-order valence-electron chi connectivity index (χ2n) is 7.69. The van der Waals surface area contributed by atoms with Crippen LogP contribution in [0.1, 0.15) is 26.3 Å². The van der Waals surface area contributed by atoms with Crippen molar-refractivity contribution in [1.29, 1.82) is 0 Å². The molecule has 2 N–H and O–H groups in total. The number of anilines is 1. The number of ether oxygens (including phenoxy) is 1. The first-order valence-corrected chi connectivity index (χ1v) is 11.8. The highest BCUT2D eigenvalue weighted by Crippen LogP contribution is 2.35. The van der Waals surface area contributed by atoms with E-state index in [1.165, 1.54) is 11.8 Å². The van der Waals surface area contributed by atoms with Crippen LogP contribution in [0.3, 0.4) is 0 Å². The summed E-state index contributed by atoms with van der Waals surface area (Å²) < 4.78 is 5.10. The molecule has 176 valence electrons. The topological polar surface area (TPSA) is 80.3 Å². The molecule has 7 heteroatoms. The number of pyridine rings is 1. The van der Waals surface area contributed by atoms with Crippen molar-refractivity contribution >= 4 is 29.6 Å². The molecule has 0 unspecified atom stereocenters. The zero-order chi connectivity index (χ0) is 24.6. The molecule has 4 rings (SSSR count). The number of nitrogens with one attached hydrogen (secondary N) is 2. The van der Waals surface area contributed by atoms with Gasteiger partial charge in [-0.1, -0.05) is 54.2 Å². The molecule has 0 saturated carbocycles. The number of methoxy groups -OCH3 is 1. The van der Waals surface area contributed by atoms with Crippen LogP contribution in [-0.4, -0.2) is 31.3 Å². The Labute approximate surface area is 208 Å². The molecule has 0 aliphatic heterocycles. The van der Waals surface area contributed by atoms with Gasteiger partial charge in [0, 0.05) is 58.0 Å². The minimum Gasteiger partial charge on any atom is -0.481 e. The van der Waals surface area contributed by atoms with Gasteiger partial charge in [-0.25, -0.2) is 4.98 Å². The van der Waals surface area contributed by atoms with Crippen LogP contribution in [0.25, 0.3) is 11.1 Å². The maximum absolute atomic E-state index is 12.8. The van der Waals surface area contributed by atoms with Gasteiger partial charge in [0.05, 0.1) is 7.11 Å². The van der Waals surface area contributed by atoms with Gasteiger partial charge in [-0.2, -0.15) is 0 Å². The van der Waals surface area contributed by atoms with Crippen molar-refractivity contribution in [1.82, 2.24) is 10.3 Å². The van der Waals surface area contributed by atoms with Gasteiger partial charge in [0.2, 0.25) is 5.88 Å². The summed E-state index contributed by atoms with van der Waals surface area (Å²) in [5.41, 5.74) is 5.04. The Balaban J connectivity index is 1.40. The SMILES string of the molecule is CNc1cc(C(=O)NCc2ccc(-c3ccc(OC)nc3)cc2)ccc1Sc1ccccc1C=O. The normalized spacial score (nSPS) is 10.5. The average Bonchev–Trinajstić information content (AvgIpc) is 2.92. The van der Waals surface area contributed by atoms with E-state index in [0.717, 1.165) is 38.5 Å². The molecule has 3 aromatic carbocycles. The van der Waals surface area contributed by atoms with Crippen LogP contribution >= 0.6 is 11.8 Å². The first kappa shape index (κ1) is 24.0. The average molecular weight is 484 g/mol.